The third-order valence-corrected chi connectivity index (χ3v) is 4.91. The van der Waals surface area contributed by atoms with Crippen molar-refractivity contribution >= 4 is 14.7 Å². The van der Waals surface area contributed by atoms with E-state index in [0.29, 0.717) is 0 Å². The molecule has 2 N–H and O–H groups in total. The van der Waals surface area contributed by atoms with Crippen molar-refractivity contribution in [3.05, 3.63) is 0 Å². The van der Waals surface area contributed by atoms with Gasteiger partial charge in [0.25, 0.3) is 5.91 Å². The van der Waals surface area contributed by atoms with Gasteiger partial charge in [0.1, 0.15) is 0 Å². The highest BCUT2D eigenvalue weighted by Crippen LogP contribution is 2.33. The molecule has 0 bridgehead atoms. The van der Waals surface area contributed by atoms with Crippen molar-refractivity contribution in [3.63, 3.8) is 0 Å². The zero-order valence-electron chi connectivity index (χ0n) is 9.57. The molecule has 2 unspecified atom stereocenters. The van der Waals surface area contributed by atoms with Gasteiger partial charge in [-0.25, -0.2) is 0 Å². The van der Waals surface area contributed by atoms with Gasteiger partial charge < -0.3 is 9.64 Å². The van der Waals surface area contributed by atoms with Crippen LogP contribution in [0.5, 0.6) is 0 Å². The molecule has 1 rings (SSSR count). The fourth-order valence-electron chi connectivity index (χ4n) is 2.18. The van der Waals surface area contributed by atoms with Crippen LogP contribution in [0.25, 0.3) is 0 Å². The molecule has 0 aromatic carbocycles. The lowest BCUT2D eigenvalue weighted by atomic mass is 10.0. The van der Waals surface area contributed by atoms with Crippen LogP contribution in [0.3, 0.4) is 0 Å². The van der Waals surface area contributed by atoms with Crippen LogP contribution in [0.15, 0.2) is 0 Å². The number of nitrogens with zero attached hydrogens (tertiary/aromatic N) is 1. The first kappa shape index (κ1) is 11.7. The van der Waals surface area contributed by atoms with E-state index in [2.05, 4.69) is 13.1 Å². The lowest BCUT2D eigenvalue weighted by Gasteiger charge is -2.56. The van der Waals surface area contributed by atoms with Crippen molar-refractivity contribution in [1.29, 1.82) is 0 Å². The molecule has 0 aromatic heterocycles. The minimum atomic E-state index is -1.04. The summed E-state index contributed by atoms with van der Waals surface area (Å²) >= 11 is 0. The Morgan fingerprint density at radius 3 is 2.36 bits per heavy atom. The van der Waals surface area contributed by atoms with Crippen LogP contribution in [0.1, 0.15) is 13.8 Å². The van der Waals surface area contributed by atoms with E-state index < -0.39 is 14.5 Å². The predicted molar refractivity (Wildman–Crippen MR) is 58.6 cm³/mol. The van der Waals surface area contributed by atoms with Crippen LogP contribution >= 0.6 is 0 Å². The molecule has 2 atom stereocenters. The van der Waals surface area contributed by atoms with E-state index in [1.807, 2.05) is 18.7 Å². The number of β-lactam (4-membered cyclic amide) rings is 1. The van der Waals surface area contributed by atoms with Crippen molar-refractivity contribution < 1.29 is 9.53 Å². The second kappa shape index (κ2) is 3.64. The van der Waals surface area contributed by atoms with Crippen LogP contribution in [-0.2, 0) is 9.53 Å². The topological polar surface area (TPSA) is 55.6 Å². The normalized spacial score (nSPS) is 32.7. The zero-order valence-corrected chi connectivity index (χ0v) is 10.7. The molecule has 1 heterocycles. The number of nitrogens with two attached hydrogens (primary N) is 1. The first-order valence-electron chi connectivity index (χ1n) is 5.03. The lowest BCUT2D eigenvalue weighted by molar-refractivity contribution is -0.191. The maximum atomic E-state index is 11.8. The average molecular weight is 216 g/mol. The van der Waals surface area contributed by atoms with Crippen molar-refractivity contribution in [2.75, 3.05) is 7.11 Å². The molecule has 1 aliphatic heterocycles. The Balaban J connectivity index is 2.90. The number of ether oxygens (including phenoxy) is 1. The second-order valence-electron chi connectivity index (χ2n) is 4.49. The number of carbonyl (C=O) groups is 1. The van der Waals surface area contributed by atoms with Crippen molar-refractivity contribution in [2.45, 2.75) is 44.4 Å². The maximum absolute atomic E-state index is 11.8. The standard InChI is InChI=1S/C9H20N2O2Si/c1-6(2)11-7(12)9(10,13-3)8(11)14(4)5/h6,8,14H,10H2,1-5H3. The Morgan fingerprint density at radius 2 is 2.07 bits per heavy atom. The SMILES string of the molecule is COC1(N)C(=O)N(C(C)C)C1[SiH](C)C. The van der Waals surface area contributed by atoms with E-state index >= 15 is 0 Å². The molecule has 0 radical (unpaired) electrons. The highest BCUT2D eigenvalue weighted by molar-refractivity contribution is 6.59. The summed E-state index contributed by atoms with van der Waals surface area (Å²) in [6, 6.07) is 0.217. The summed E-state index contributed by atoms with van der Waals surface area (Å²) in [5.74, 6) is -0.0683. The molecule has 5 heteroatoms. The van der Waals surface area contributed by atoms with E-state index in [4.69, 9.17) is 10.5 Å². The molecule has 1 fully saturated rings. The predicted octanol–water partition coefficient (Wildman–Crippen LogP) is -0.0671. The number of amides is 1. The van der Waals surface area contributed by atoms with Crippen LogP contribution in [0.4, 0.5) is 0 Å². The number of likely N-dealkylation sites (tertiary alicyclic amines) is 1. The first-order valence-corrected chi connectivity index (χ1v) is 8.00. The first-order chi connectivity index (χ1) is 6.36. The molecule has 1 amide bonds. The number of hydrogen-bond donors (Lipinski definition) is 1. The third kappa shape index (κ3) is 1.39. The Morgan fingerprint density at radius 1 is 1.57 bits per heavy atom. The summed E-state index contributed by atoms with van der Waals surface area (Å²) in [5.41, 5.74) is 5.03. The summed E-state index contributed by atoms with van der Waals surface area (Å²) in [6.07, 6.45) is 0. The monoisotopic (exact) mass is 216 g/mol. The number of rotatable bonds is 3. The highest BCUT2D eigenvalue weighted by Gasteiger charge is 2.60. The number of hydrogen-bond acceptors (Lipinski definition) is 3. The van der Waals surface area contributed by atoms with E-state index in [0.717, 1.165) is 0 Å². The Kier molecular flexibility index (Phi) is 3.04. The van der Waals surface area contributed by atoms with Gasteiger partial charge in [0.2, 0.25) is 5.72 Å². The quantitative estimate of drug-likeness (QED) is 0.408. The second-order valence-corrected chi connectivity index (χ2v) is 7.61. The van der Waals surface area contributed by atoms with Gasteiger partial charge in [0, 0.05) is 13.2 Å². The fraction of sp³-hybridized carbons (Fsp3) is 0.889. The van der Waals surface area contributed by atoms with Gasteiger partial charge in [0.05, 0.1) is 14.5 Å². The fourth-order valence-corrected chi connectivity index (χ4v) is 4.57. The molecule has 1 saturated heterocycles. The van der Waals surface area contributed by atoms with Gasteiger partial charge in [-0.05, 0) is 13.8 Å². The average Bonchev–Trinajstić information content (AvgIpc) is 2.10. The molecule has 14 heavy (non-hydrogen) atoms. The molecule has 0 spiro atoms. The van der Waals surface area contributed by atoms with E-state index in [1.165, 1.54) is 7.11 Å². The molecule has 0 aliphatic carbocycles. The molecular formula is C9H20N2O2Si. The molecule has 4 nitrogen and oxygen atoms in total. The minimum absolute atomic E-state index is 0.0683. The largest absolute Gasteiger partial charge is 0.354 e. The molecule has 0 aromatic rings. The maximum Gasteiger partial charge on any atom is 0.272 e. The lowest BCUT2D eigenvalue weighted by Crippen LogP contribution is -2.83. The van der Waals surface area contributed by atoms with Crippen LogP contribution in [0.2, 0.25) is 13.1 Å². The number of methoxy groups -OCH3 is 1. The Labute approximate surface area is 87.0 Å². The van der Waals surface area contributed by atoms with Crippen LogP contribution in [0, 0.1) is 0 Å². The molecule has 0 saturated carbocycles. The van der Waals surface area contributed by atoms with Gasteiger partial charge in [-0.2, -0.15) is 0 Å². The Bertz CT molecular complexity index is 245. The smallest absolute Gasteiger partial charge is 0.272 e. The third-order valence-electron chi connectivity index (χ3n) is 2.83. The van der Waals surface area contributed by atoms with Crippen LogP contribution in [-0.4, -0.2) is 44.1 Å². The van der Waals surface area contributed by atoms with Crippen molar-refractivity contribution in [1.82, 2.24) is 4.90 Å². The molecule has 1 aliphatic rings. The van der Waals surface area contributed by atoms with Crippen LogP contribution < -0.4 is 5.73 Å². The van der Waals surface area contributed by atoms with Gasteiger partial charge in [-0.3, -0.25) is 10.5 Å². The minimum Gasteiger partial charge on any atom is -0.354 e. The summed E-state index contributed by atoms with van der Waals surface area (Å²) in [7, 11) is 0.495. The zero-order chi connectivity index (χ0) is 11.1. The van der Waals surface area contributed by atoms with Gasteiger partial charge in [-0.1, -0.05) is 13.1 Å². The van der Waals surface area contributed by atoms with Gasteiger partial charge in [-0.15, -0.1) is 0 Å². The summed E-state index contributed by atoms with van der Waals surface area (Å²) in [4.78, 5) is 13.6. The molecule has 82 valence electrons. The van der Waals surface area contributed by atoms with E-state index in [1.54, 1.807) is 0 Å². The van der Waals surface area contributed by atoms with E-state index in [9.17, 15) is 4.79 Å². The van der Waals surface area contributed by atoms with E-state index in [-0.39, 0.29) is 17.6 Å². The number of carbonyl (C=O) groups excluding carboxylic acids is 1. The highest BCUT2D eigenvalue weighted by atomic mass is 28.3. The summed E-state index contributed by atoms with van der Waals surface area (Å²) < 4.78 is 5.16. The van der Waals surface area contributed by atoms with Gasteiger partial charge >= 0.3 is 0 Å². The van der Waals surface area contributed by atoms with Crippen molar-refractivity contribution in [3.8, 4) is 0 Å². The van der Waals surface area contributed by atoms with Crippen molar-refractivity contribution in [2.24, 2.45) is 5.73 Å². The summed E-state index contributed by atoms with van der Waals surface area (Å²) in [5, 5.41) is 0. The molecular weight excluding hydrogens is 196 g/mol. The van der Waals surface area contributed by atoms with Gasteiger partial charge in [0.15, 0.2) is 0 Å². The Hall–Kier alpha value is -0.393. The summed E-state index contributed by atoms with van der Waals surface area (Å²) in [6.45, 7) is 8.40.